The number of methoxy groups -OCH3 is 2. The summed E-state index contributed by atoms with van der Waals surface area (Å²) in [5.41, 5.74) is -0.791. The molecule has 2 aromatic carbocycles. The van der Waals surface area contributed by atoms with Crippen LogP contribution >= 0.6 is 11.6 Å². The lowest BCUT2D eigenvalue weighted by Crippen LogP contribution is -2.51. The van der Waals surface area contributed by atoms with Gasteiger partial charge >= 0.3 is 0 Å². The number of halogens is 1. The zero-order valence-corrected chi connectivity index (χ0v) is 18.1. The smallest absolute Gasteiger partial charge is 0.219 e. The topological polar surface area (TPSA) is 78.9 Å². The van der Waals surface area contributed by atoms with E-state index in [1.165, 1.54) is 32.6 Å². The summed E-state index contributed by atoms with van der Waals surface area (Å²) in [6.45, 7) is 0. The maximum atomic E-state index is 13.9. The quantitative estimate of drug-likeness (QED) is 0.712. The fraction of sp³-hybridized carbons (Fsp3) is 0.273. The minimum Gasteiger partial charge on any atom is -0.496 e. The first-order chi connectivity index (χ1) is 14.3. The normalized spacial score (nSPS) is 23.6. The molecule has 2 aromatic rings. The van der Waals surface area contributed by atoms with Crippen molar-refractivity contribution in [2.45, 2.75) is 17.9 Å². The van der Waals surface area contributed by atoms with E-state index in [9.17, 15) is 13.8 Å². The van der Waals surface area contributed by atoms with E-state index in [0.717, 1.165) is 5.56 Å². The van der Waals surface area contributed by atoms with Crippen molar-refractivity contribution < 1.29 is 28.0 Å². The van der Waals surface area contributed by atoms with Gasteiger partial charge in [-0.2, -0.15) is 0 Å². The molecule has 0 aromatic heterocycles. The highest BCUT2D eigenvalue weighted by atomic mass is 35.5. The van der Waals surface area contributed by atoms with E-state index in [1.807, 2.05) is 30.3 Å². The first-order valence-corrected chi connectivity index (χ1v) is 11.1. The van der Waals surface area contributed by atoms with Gasteiger partial charge in [0.15, 0.2) is 11.5 Å². The lowest BCUT2D eigenvalue weighted by atomic mass is 9.72. The van der Waals surface area contributed by atoms with E-state index in [2.05, 4.69) is 0 Å². The molecule has 0 N–H and O–H groups in total. The molecule has 6 nitrogen and oxygen atoms in total. The molecule has 30 heavy (non-hydrogen) atoms. The standard InChI is InChI=1S/C22H19ClO6S/c1-27-15-11-16(28-2)19(23)20-18(15)21(25)22(29-20)14(12-7-5-4-6-8-12)9-13(24)10-17(22)30(3)26/h4-8,10-11,14H,9H2,1-3H3/t14-,22-,30?/m0/s1. The Bertz CT molecular complexity index is 1110. The highest BCUT2D eigenvalue weighted by molar-refractivity contribution is 7.88. The second-order valence-corrected chi connectivity index (χ2v) is 8.79. The Balaban J connectivity index is 2.02. The van der Waals surface area contributed by atoms with Crippen LogP contribution in [0.15, 0.2) is 47.4 Å². The maximum absolute atomic E-state index is 13.9. The molecule has 1 aliphatic heterocycles. The Morgan fingerprint density at radius 2 is 1.80 bits per heavy atom. The minimum absolute atomic E-state index is 0.0293. The molecule has 1 heterocycles. The molecule has 8 heteroatoms. The summed E-state index contributed by atoms with van der Waals surface area (Å²) in [4.78, 5) is 26.6. The molecule has 0 radical (unpaired) electrons. The van der Waals surface area contributed by atoms with Crippen LogP contribution in [-0.2, 0) is 15.6 Å². The average Bonchev–Trinajstić information content (AvgIpc) is 3.05. The van der Waals surface area contributed by atoms with Gasteiger partial charge in [0.05, 0.1) is 29.9 Å². The van der Waals surface area contributed by atoms with Crippen molar-refractivity contribution in [3.05, 3.63) is 63.5 Å². The highest BCUT2D eigenvalue weighted by Gasteiger charge is 2.61. The molecule has 1 spiro atoms. The molecular weight excluding hydrogens is 428 g/mol. The number of allylic oxidation sites excluding steroid dienone is 1. The Hall–Kier alpha value is -2.64. The first-order valence-electron chi connectivity index (χ1n) is 9.16. The predicted molar refractivity (Wildman–Crippen MR) is 113 cm³/mol. The molecular formula is C22H19ClO6S. The van der Waals surface area contributed by atoms with Gasteiger partial charge in [0.25, 0.3) is 0 Å². The number of benzene rings is 2. The van der Waals surface area contributed by atoms with Crippen LogP contribution in [0.2, 0.25) is 5.02 Å². The van der Waals surface area contributed by atoms with Crippen molar-refractivity contribution in [1.29, 1.82) is 0 Å². The van der Waals surface area contributed by atoms with Crippen molar-refractivity contribution in [2.75, 3.05) is 20.5 Å². The van der Waals surface area contributed by atoms with Gasteiger partial charge in [0, 0.05) is 24.7 Å². The molecule has 0 amide bonds. The summed E-state index contributed by atoms with van der Waals surface area (Å²) in [6, 6.07) is 10.6. The number of ketones is 2. The monoisotopic (exact) mass is 446 g/mol. The van der Waals surface area contributed by atoms with Crippen LogP contribution < -0.4 is 14.2 Å². The summed E-state index contributed by atoms with van der Waals surface area (Å²) in [5.74, 6) is -0.725. The fourth-order valence-electron chi connectivity index (χ4n) is 4.16. The molecule has 3 atom stereocenters. The maximum Gasteiger partial charge on any atom is 0.219 e. The third-order valence-electron chi connectivity index (χ3n) is 5.48. The van der Waals surface area contributed by atoms with Gasteiger partial charge in [0.2, 0.25) is 11.4 Å². The van der Waals surface area contributed by atoms with Crippen molar-refractivity contribution in [3.8, 4) is 17.2 Å². The third kappa shape index (κ3) is 2.87. The fourth-order valence-corrected chi connectivity index (χ4v) is 5.42. The molecule has 2 aliphatic rings. The van der Waals surface area contributed by atoms with Crippen LogP contribution in [0.1, 0.15) is 28.3 Å². The number of hydrogen-bond donors (Lipinski definition) is 0. The second kappa shape index (κ2) is 7.56. The van der Waals surface area contributed by atoms with Crippen molar-refractivity contribution in [2.24, 2.45) is 0 Å². The Morgan fingerprint density at radius 1 is 1.13 bits per heavy atom. The average molecular weight is 447 g/mol. The van der Waals surface area contributed by atoms with Crippen molar-refractivity contribution in [1.82, 2.24) is 0 Å². The SMILES string of the molecule is COc1cc(OC)c2c(c1Cl)O[C@]1(C2=O)C(S(C)=O)=CC(=O)C[C@H]1c1ccccc1. The minimum atomic E-state index is -1.67. The van der Waals surface area contributed by atoms with E-state index in [4.69, 9.17) is 25.8 Å². The molecule has 4 rings (SSSR count). The lowest BCUT2D eigenvalue weighted by molar-refractivity contribution is -0.116. The van der Waals surface area contributed by atoms with E-state index in [1.54, 1.807) is 0 Å². The number of hydrogen-bond acceptors (Lipinski definition) is 6. The number of fused-ring (bicyclic) bond motifs is 1. The van der Waals surface area contributed by atoms with Gasteiger partial charge in [-0.05, 0) is 11.6 Å². The van der Waals surface area contributed by atoms with Gasteiger partial charge in [-0.3, -0.25) is 13.8 Å². The van der Waals surface area contributed by atoms with E-state index >= 15 is 0 Å². The lowest BCUT2D eigenvalue weighted by Gasteiger charge is -2.39. The zero-order chi connectivity index (χ0) is 21.6. The summed E-state index contributed by atoms with van der Waals surface area (Å²) >= 11 is 6.48. The van der Waals surface area contributed by atoms with Gasteiger partial charge in [-0.25, -0.2) is 0 Å². The Labute approximate surface area is 181 Å². The van der Waals surface area contributed by atoms with Crippen LogP contribution in [0, 0.1) is 0 Å². The molecule has 0 fully saturated rings. The molecule has 0 saturated heterocycles. The predicted octanol–water partition coefficient (Wildman–Crippen LogP) is 3.69. The summed E-state index contributed by atoms with van der Waals surface area (Å²) in [7, 11) is 1.22. The summed E-state index contributed by atoms with van der Waals surface area (Å²) < 4.78 is 29.7. The molecule has 0 saturated carbocycles. The van der Waals surface area contributed by atoms with Crippen molar-refractivity contribution in [3.63, 3.8) is 0 Å². The largest absolute Gasteiger partial charge is 0.496 e. The molecule has 0 bridgehead atoms. The summed E-state index contributed by atoms with van der Waals surface area (Å²) in [6.07, 6.45) is 2.71. The van der Waals surface area contributed by atoms with Crippen LogP contribution in [0.3, 0.4) is 0 Å². The van der Waals surface area contributed by atoms with E-state index in [0.29, 0.717) is 0 Å². The van der Waals surface area contributed by atoms with E-state index in [-0.39, 0.29) is 44.9 Å². The Morgan fingerprint density at radius 3 is 2.40 bits per heavy atom. The van der Waals surface area contributed by atoms with Crippen LogP contribution in [-0.4, -0.2) is 41.9 Å². The number of rotatable bonds is 4. The summed E-state index contributed by atoms with van der Waals surface area (Å²) in [5, 5.41) is 0.114. The zero-order valence-electron chi connectivity index (χ0n) is 16.6. The van der Waals surface area contributed by atoms with Gasteiger partial charge in [-0.1, -0.05) is 41.9 Å². The second-order valence-electron chi connectivity index (χ2n) is 7.06. The van der Waals surface area contributed by atoms with Gasteiger partial charge in [-0.15, -0.1) is 0 Å². The number of carbonyl (C=O) groups excluding carboxylic acids is 2. The van der Waals surface area contributed by atoms with Gasteiger partial charge in [0.1, 0.15) is 22.1 Å². The van der Waals surface area contributed by atoms with Crippen LogP contribution in [0.4, 0.5) is 0 Å². The number of ether oxygens (including phenoxy) is 3. The van der Waals surface area contributed by atoms with Gasteiger partial charge < -0.3 is 14.2 Å². The molecule has 1 aliphatic carbocycles. The Kier molecular flexibility index (Phi) is 5.20. The number of carbonyl (C=O) groups is 2. The third-order valence-corrected chi connectivity index (χ3v) is 6.88. The van der Waals surface area contributed by atoms with Crippen LogP contribution in [0.25, 0.3) is 0 Å². The molecule has 156 valence electrons. The van der Waals surface area contributed by atoms with E-state index < -0.39 is 28.1 Å². The molecule has 1 unspecified atom stereocenters. The first kappa shape index (κ1) is 20.6. The number of Topliss-reactive ketones (excluding diaryl/α,β-unsaturated/α-hetero) is 1. The van der Waals surface area contributed by atoms with Crippen molar-refractivity contribution >= 4 is 34.0 Å². The highest BCUT2D eigenvalue weighted by Crippen LogP contribution is 2.56. The van der Waals surface area contributed by atoms with Crippen LogP contribution in [0.5, 0.6) is 17.2 Å².